The summed E-state index contributed by atoms with van der Waals surface area (Å²) in [5, 5.41) is 72.3. The first-order valence-corrected chi connectivity index (χ1v) is 30.8. The Morgan fingerprint density at radius 2 is 0.760 bits per heavy atom. The second-order valence-electron chi connectivity index (χ2n) is 21.9. The first-order valence-electron chi connectivity index (χ1n) is 30.8. The van der Waals surface area contributed by atoms with Crippen LogP contribution >= 0.6 is 0 Å². The fourth-order valence-electron chi connectivity index (χ4n) is 9.98. The highest BCUT2D eigenvalue weighted by Crippen LogP contribution is 2.27. The van der Waals surface area contributed by atoms with Gasteiger partial charge >= 0.3 is 11.9 Å². The number of carbonyl (C=O) groups is 2. The number of hydrogen-bond donors (Lipinski definition) is 7. The molecule has 2 fully saturated rings. The van der Waals surface area contributed by atoms with Crippen molar-refractivity contribution in [3.63, 3.8) is 0 Å². The summed E-state index contributed by atoms with van der Waals surface area (Å²) in [6, 6.07) is 0. The number of esters is 2. The lowest BCUT2D eigenvalue weighted by atomic mass is 9.98. The molecule has 2 saturated heterocycles. The van der Waals surface area contributed by atoms with Gasteiger partial charge in [-0.2, -0.15) is 0 Å². The van der Waals surface area contributed by atoms with E-state index in [0.717, 1.165) is 57.8 Å². The largest absolute Gasteiger partial charge is 0.462 e. The maximum Gasteiger partial charge on any atom is 0.306 e. The average molecular weight is 1070 g/mol. The number of unbranched alkanes of at least 4 members (excludes halogenated alkanes) is 34. The van der Waals surface area contributed by atoms with E-state index in [1.54, 1.807) is 0 Å². The predicted octanol–water partition coefficient (Wildman–Crippen LogP) is 10.9. The lowest BCUT2D eigenvalue weighted by Gasteiger charge is -2.42. The van der Waals surface area contributed by atoms with Crippen molar-refractivity contribution in [2.45, 2.75) is 332 Å². The van der Waals surface area contributed by atoms with E-state index >= 15 is 0 Å². The Labute approximate surface area is 454 Å². The van der Waals surface area contributed by atoms with Crippen LogP contribution in [0.4, 0.5) is 0 Å². The molecule has 2 aliphatic rings. The molecule has 2 heterocycles. The molecule has 0 aliphatic carbocycles. The van der Waals surface area contributed by atoms with Gasteiger partial charge in [0.05, 0.1) is 19.8 Å². The van der Waals surface area contributed by atoms with Crippen LogP contribution in [0.2, 0.25) is 0 Å². The third-order valence-corrected chi connectivity index (χ3v) is 15.0. The molecule has 0 amide bonds. The number of carbonyl (C=O) groups excluding carboxylic acids is 2. The second-order valence-corrected chi connectivity index (χ2v) is 21.9. The predicted molar refractivity (Wildman–Crippen MR) is 294 cm³/mol. The Kier molecular flexibility index (Phi) is 43.5. The van der Waals surface area contributed by atoms with Crippen molar-refractivity contribution in [2.75, 3.05) is 26.4 Å². The highest BCUT2D eigenvalue weighted by molar-refractivity contribution is 5.70. The van der Waals surface area contributed by atoms with Crippen LogP contribution in [-0.2, 0) is 38.0 Å². The molecule has 11 unspecified atom stereocenters. The number of hydrogen-bond acceptors (Lipinski definition) is 15. The summed E-state index contributed by atoms with van der Waals surface area (Å²) in [6.07, 6.45) is 33.8. The Hall–Kier alpha value is -1.76. The van der Waals surface area contributed by atoms with E-state index < -0.39 is 92.7 Å². The molecule has 2 aliphatic heterocycles. The van der Waals surface area contributed by atoms with Crippen LogP contribution in [-0.4, -0.2) is 142 Å². The molecule has 15 heteroatoms. The third-order valence-electron chi connectivity index (χ3n) is 15.0. The number of allylic oxidation sites excluding steroid dienone is 2. The van der Waals surface area contributed by atoms with Crippen molar-refractivity contribution >= 4 is 11.9 Å². The molecule has 0 aromatic rings. The van der Waals surface area contributed by atoms with Gasteiger partial charge in [0.2, 0.25) is 0 Å². The fourth-order valence-corrected chi connectivity index (χ4v) is 9.98. The second kappa shape index (κ2) is 47.1. The first-order chi connectivity index (χ1) is 36.5. The molecule has 0 bridgehead atoms. The van der Waals surface area contributed by atoms with Gasteiger partial charge < -0.3 is 64.2 Å². The van der Waals surface area contributed by atoms with E-state index in [0.29, 0.717) is 12.8 Å². The maximum absolute atomic E-state index is 13.1. The normalized spacial score (nSPS) is 24.5. The van der Waals surface area contributed by atoms with Gasteiger partial charge in [-0.05, 0) is 38.5 Å². The van der Waals surface area contributed by atoms with Crippen LogP contribution in [0.3, 0.4) is 0 Å². The van der Waals surface area contributed by atoms with E-state index in [1.165, 1.54) is 167 Å². The van der Waals surface area contributed by atoms with Crippen molar-refractivity contribution in [1.82, 2.24) is 0 Å². The molecule has 0 aromatic carbocycles. The zero-order chi connectivity index (χ0) is 54.6. The standard InChI is InChI=1S/C60H112O15/c1-3-5-7-9-11-13-15-17-19-21-22-23-24-25-26-27-29-30-32-34-36-38-40-42-51(62)70-45-48(73-52(63)43-41-39-37-35-33-31-28-20-18-16-14-12-10-8-6-4-2)46-71-59-58(69)56(67)54(65)50(75-59)47-72-60-57(68)55(66)53(64)49(44-61)74-60/h20,28,48-50,53-61,64-69H,3-19,21-27,29-47H2,1-2H3/b28-20-. The smallest absolute Gasteiger partial charge is 0.306 e. The van der Waals surface area contributed by atoms with Crippen molar-refractivity contribution in [3.8, 4) is 0 Å². The molecule has 11 atom stereocenters. The molecule has 7 N–H and O–H groups in total. The quantitative estimate of drug-likeness (QED) is 0.0171. The van der Waals surface area contributed by atoms with Gasteiger partial charge in [-0.1, -0.05) is 225 Å². The summed E-state index contributed by atoms with van der Waals surface area (Å²) in [5.41, 5.74) is 0. The SMILES string of the molecule is CCCCCCCCC/C=C\CCCCCCCC(=O)OC(COC(=O)CCCCCCCCCCCCCCCCCCCCCCCCC)COC1OC(COC2OC(CO)C(O)C(O)C2O)C(O)C(O)C1O. The number of ether oxygens (including phenoxy) is 6. The van der Waals surface area contributed by atoms with E-state index in [9.17, 15) is 45.3 Å². The summed E-state index contributed by atoms with van der Waals surface area (Å²) < 4.78 is 33.7. The van der Waals surface area contributed by atoms with Gasteiger partial charge in [-0.3, -0.25) is 9.59 Å². The Morgan fingerprint density at radius 1 is 0.413 bits per heavy atom. The topological polar surface area (TPSA) is 231 Å². The molecule has 0 spiro atoms. The van der Waals surface area contributed by atoms with E-state index in [4.69, 9.17) is 28.4 Å². The summed E-state index contributed by atoms with van der Waals surface area (Å²) in [7, 11) is 0. The lowest BCUT2D eigenvalue weighted by Crippen LogP contribution is -2.61. The molecule has 2 rings (SSSR count). The minimum Gasteiger partial charge on any atom is -0.462 e. The van der Waals surface area contributed by atoms with Crippen LogP contribution in [0, 0.1) is 0 Å². The molecular weight excluding hydrogens is 961 g/mol. The van der Waals surface area contributed by atoms with Crippen molar-refractivity contribution < 1.29 is 73.8 Å². The van der Waals surface area contributed by atoms with Crippen molar-refractivity contribution in [2.24, 2.45) is 0 Å². The van der Waals surface area contributed by atoms with Gasteiger partial charge in [0.15, 0.2) is 18.7 Å². The molecule has 0 radical (unpaired) electrons. The van der Waals surface area contributed by atoms with Crippen LogP contribution in [0.5, 0.6) is 0 Å². The van der Waals surface area contributed by atoms with Crippen LogP contribution in [0.1, 0.15) is 264 Å². The van der Waals surface area contributed by atoms with Gasteiger partial charge in [0.1, 0.15) is 55.4 Å². The Bertz CT molecular complexity index is 1350. The molecule has 0 saturated carbocycles. The summed E-state index contributed by atoms with van der Waals surface area (Å²) in [4.78, 5) is 25.9. The lowest BCUT2D eigenvalue weighted by molar-refractivity contribution is -0.332. The highest BCUT2D eigenvalue weighted by atomic mass is 16.7. The van der Waals surface area contributed by atoms with Gasteiger partial charge in [-0.25, -0.2) is 0 Å². The monoisotopic (exact) mass is 1070 g/mol. The van der Waals surface area contributed by atoms with E-state index in [-0.39, 0.29) is 26.1 Å². The van der Waals surface area contributed by atoms with E-state index in [2.05, 4.69) is 26.0 Å². The van der Waals surface area contributed by atoms with Gasteiger partial charge in [0.25, 0.3) is 0 Å². The summed E-state index contributed by atoms with van der Waals surface area (Å²) >= 11 is 0. The molecular formula is C60H112O15. The minimum absolute atomic E-state index is 0.160. The highest BCUT2D eigenvalue weighted by Gasteiger charge is 2.47. The number of aliphatic hydroxyl groups is 7. The summed E-state index contributed by atoms with van der Waals surface area (Å²) in [6.45, 7) is 2.64. The molecule has 0 aromatic heterocycles. The van der Waals surface area contributed by atoms with Crippen LogP contribution in [0.25, 0.3) is 0 Å². The van der Waals surface area contributed by atoms with Crippen molar-refractivity contribution in [3.05, 3.63) is 12.2 Å². The zero-order valence-corrected chi connectivity index (χ0v) is 47.3. The first kappa shape index (κ1) is 69.3. The average Bonchev–Trinajstić information content (AvgIpc) is 3.40. The molecule has 75 heavy (non-hydrogen) atoms. The molecule has 15 nitrogen and oxygen atoms in total. The Balaban J connectivity index is 1.71. The molecule has 442 valence electrons. The Morgan fingerprint density at radius 3 is 1.17 bits per heavy atom. The van der Waals surface area contributed by atoms with Crippen molar-refractivity contribution in [1.29, 1.82) is 0 Å². The van der Waals surface area contributed by atoms with Crippen LogP contribution < -0.4 is 0 Å². The van der Waals surface area contributed by atoms with Gasteiger partial charge in [0, 0.05) is 12.8 Å². The fraction of sp³-hybridized carbons (Fsp3) is 0.933. The zero-order valence-electron chi connectivity index (χ0n) is 47.3. The third kappa shape index (κ3) is 34.1. The number of rotatable bonds is 50. The maximum atomic E-state index is 13.1. The van der Waals surface area contributed by atoms with Gasteiger partial charge in [-0.15, -0.1) is 0 Å². The van der Waals surface area contributed by atoms with E-state index in [1.807, 2.05) is 0 Å². The minimum atomic E-state index is -1.76. The summed E-state index contributed by atoms with van der Waals surface area (Å²) in [5.74, 6) is -0.917. The van der Waals surface area contributed by atoms with Crippen LogP contribution in [0.15, 0.2) is 12.2 Å². The number of aliphatic hydroxyl groups excluding tert-OH is 7.